The summed E-state index contributed by atoms with van der Waals surface area (Å²) in [7, 11) is -0.907. The molecule has 1 fully saturated rings. The molecular formula is C16H27NOSi. The summed E-state index contributed by atoms with van der Waals surface area (Å²) in [6.07, 6.45) is 8.97. The Bertz CT molecular complexity index is 438. The fraction of sp³-hybridized carbons (Fsp3) is 0.688. The Morgan fingerprint density at radius 2 is 2.11 bits per heavy atom. The van der Waals surface area contributed by atoms with Gasteiger partial charge in [0.25, 0.3) is 0 Å². The highest BCUT2D eigenvalue weighted by Crippen LogP contribution is 2.55. The lowest BCUT2D eigenvalue weighted by atomic mass is 9.64. The van der Waals surface area contributed by atoms with Gasteiger partial charge in [0, 0.05) is 8.80 Å². The molecule has 0 spiro atoms. The molecule has 0 saturated heterocycles. The summed E-state index contributed by atoms with van der Waals surface area (Å²) in [5.74, 6) is 0.309. The van der Waals surface area contributed by atoms with E-state index in [0.29, 0.717) is 11.5 Å². The first-order valence-electron chi connectivity index (χ1n) is 7.60. The molecule has 3 atom stereocenters. The third-order valence-electron chi connectivity index (χ3n) is 5.21. The lowest BCUT2D eigenvalue weighted by molar-refractivity contribution is -0.127. The van der Waals surface area contributed by atoms with Gasteiger partial charge in [-0.1, -0.05) is 57.0 Å². The predicted octanol–water partition coefficient (Wildman–Crippen LogP) is 3.41. The van der Waals surface area contributed by atoms with E-state index in [9.17, 15) is 4.79 Å². The largest absolute Gasteiger partial charge is 0.369 e. The Labute approximate surface area is 118 Å². The monoisotopic (exact) mass is 277 g/mol. The Hall–Kier alpha value is -0.833. The van der Waals surface area contributed by atoms with Crippen LogP contribution in [0, 0.1) is 11.3 Å². The first kappa shape index (κ1) is 14.6. The second-order valence-electron chi connectivity index (χ2n) is 6.68. The molecule has 1 saturated carbocycles. The average Bonchev–Trinajstić information content (AvgIpc) is 2.69. The zero-order valence-corrected chi connectivity index (χ0v) is 13.9. The highest BCUT2D eigenvalue weighted by atomic mass is 28.3. The van der Waals surface area contributed by atoms with Gasteiger partial charge in [0.05, 0.1) is 5.41 Å². The molecule has 2 aliphatic carbocycles. The highest BCUT2D eigenvalue weighted by Gasteiger charge is 2.51. The zero-order valence-electron chi connectivity index (χ0n) is 12.7. The van der Waals surface area contributed by atoms with Crippen LogP contribution in [0.2, 0.25) is 18.6 Å². The third-order valence-corrected chi connectivity index (χ3v) is 7.72. The number of rotatable bonds is 3. The molecule has 19 heavy (non-hydrogen) atoms. The molecule has 2 aliphatic rings. The SMILES string of the molecule is CC1=C(C2(C(N)=O)CCCCC2[SiH](C)C)C(C)C=C1. The van der Waals surface area contributed by atoms with Crippen molar-refractivity contribution in [3.05, 3.63) is 23.3 Å². The van der Waals surface area contributed by atoms with Gasteiger partial charge in [-0.25, -0.2) is 0 Å². The van der Waals surface area contributed by atoms with Crippen LogP contribution in [0.5, 0.6) is 0 Å². The van der Waals surface area contributed by atoms with Crippen molar-refractivity contribution >= 4 is 14.7 Å². The zero-order chi connectivity index (χ0) is 14.2. The van der Waals surface area contributed by atoms with Crippen LogP contribution < -0.4 is 5.73 Å². The van der Waals surface area contributed by atoms with Gasteiger partial charge in [0.15, 0.2) is 0 Å². The molecule has 106 valence electrons. The summed E-state index contributed by atoms with van der Waals surface area (Å²) in [6.45, 7) is 9.10. The Morgan fingerprint density at radius 3 is 2.58 bits per heavy atom. The van der Waals surface area contributed by atoms with Crippen LogP contribution in [-0.4, -0.2) is 14.7 Å². The minimum absolute atomic E-state index is 0.0664. The topological polar surface area (TPSA) is 43.1 Å². The first-order chi connectivity index (χ1) is 8.91. The highest BCUT2D eigenvalue weighted by molar-refractivity contribution is 6.58. The van der Waals surface area contributed by atoms with E-state index in [2.05, 4.69) is 39.1 Å². The third kappa shape index (κ3) is 2.22. The summed E-state index contributed by atoms with van der Waals surface area (Å²) in [6, 6.07) is 0. The molecule has 0 aromatic rings. The number of nitrogens with two attached hydrogens (primary N) is 1. The van der Waals surface area contributed by atoms with Crippen molar-refractivity contribution in [2.75, 3.05) is 0 Å². The smallest absolute Gasteiger partial charge is 0.227 e. The van der Waals surface area contributed by atoms with E-state index in [-0.39, 0.29) is 11.3 Å². The summed E-state index contributed by atoms with van der Waals surface area (Å²) < 4.78 is 0. The minimum Gasteiger partial charge on any atom is -0.369 e. The van der Waals surface area contributed by atoms with Crippen LogP contribution in [0.1, 0.15) is 39.5 Å². The van der Waals surface area contributed by atoms with Crippen LogP contribution in [0.3, 0.4) is 0 Å². The van der Waals surface area contributed by atoms with Crippen molar-refractivity contribution in [1.82, 2.24) is 0 Å². The van der Waals surface area contributed by atoms with E-state index in [1.807, 2.05) is 0 Å². The number of carbonyl (C=O) groups excluding carboxylic acids is 1. The van der Waals surface area contributed by atoms with Gasteiger partial charge < -0.3 is 5.73 Å². The van der Waals surface area contributed by atoms with Crippen molar-refractivity contribution in [2.45, 2.75) is 58.2 Å². The molecule has 0 aliphatic heterocycles. The number of allylic oxidation sites excluding steroid dienone is 3. The summed E-state index contributed by atoms with van der Waals surface area (Å²) in [5, 5.41) is 0. The number of hydrogen-bond donors (Lipinski definition) is 1. The van der Waals surface area contributed by atoms with Gasteiger partial charge in [-0.15, -0.1) is 0 Å². The molecular weight excluding hydrogens is 250 g/mol. The number of hydrogen-bond acceptors (Lipinski definition) is 1. The van der Waals surface area contributed by atoms with Crippen LogP contribution in [0.15, 0.2) is 23.3 Å². The van der Waals surface area contributed by atoms with Crippen molar-refractivity contribution in [2.24, 2.45) is 17.1 Å². The summed E-state index contributed by atoms with van der Waals surface area (Å²) in [5.41, 5.74) is 8.77. The molecule has 2 rings (SSSR count). The average molecular weight is 277 g/mol. The first-order valence-corrected chi connectivity index (χ1v) is 10.6. The standard InChI is InChI=1S/C16H27NOSi/c1-11-8-9-12(2)14(11)16(15(17)18)10-6-5-7-13(16)19(3)4/h8-9,11,13,19H,5-7,10H2,1-4H3,(H2,17,18). The van der Waals surface area contributed by atoms with Crippen LogP contribution in [0.25, 0.3) is 0 Å². The Balaban J connectivity index is 2.54. The lowest BCUT2D eigenvalue weighted by Gasteiger charge is -2.46. The van der Waals surface area contributed by atoms with Gasteiger partial charge >= 0.3 is 0 Å². The van der Waals surface area contributed by atoms with Crippen molar-refractivity contribution in [1.29, 1.82) is 0 Å². The molecule has 0 aromatic heterocycles. The van der Waals surface area contributed by atoms with Crippen LogP contribution >= 0.6 is 0 Å². The molecule has 0 heterocycles. The molecule has 1 amide bonds. The van der Waals surface area contributed by atoms with Gasteiger partial charge in [0.1, 0.15) is 0 Å². The van der Waals surface area contributed by atoms with E-state index >= 15 is 0 Å². The van der Waals surface area contributed by atoms with Crippen molar-refractivity contribution in [3.63, 3.8) is 0 Å². The second-order valence-corrected chi connectivity index (χ2v) is 9.97. The van der Waals surface area contributed by atoms with E-state index in [1.165, 1.54) is 24.0 Å². The van der Waals surface area contributed by atoms with E-state index in [0.717, 1.165) is 12.8 Å². The van der Waals surface area contributed by atoms with Gasteiger partial charge in [-0.3, -0.25) is 4.79 Å². The maximum Gasteiger partial charge on any atom is 0.227 e. The fourth-order valence-corrected chi connectivity index (χ4v) is 7.02. The maximum atomic E-state index is 12.5. The summed E-state index contributed by atoms with van der Waals surface area (Å²) in [4.78, 5) is 12.5. The van der Waals surface area contributed by atoms with Crippen molar-refractivity contribution < 1.29 is 4.79 Å². The van der Waals surface area contributed by atoms with E-state index < -0.39 is 8.80 Å². The molecule has 0 aromatic carbocycles. The quantitative estimate of drug-likeness (QED) is 0.789. The molecule has 3 heteroatoms. The number of amides is 1. The number of primary amides is 1. The van der Waals surface area contributed by atoms with Crippen LogP contribution in [0.4, 0.5) is 0 Å². The molecule has 0 bridgehead atoms. The van der Waals surface area contributed by atoms with E-state index in [1.54, 1.807) is 0 Å². The van der Waals surface area contributed by atoms with Gasteiger partial charge in [0.2, 0.25) is 5.91 Å². The molecule has 2 N–H and O–H groups in total. The molecule has 2 nitrogen and oxygen atoms in total. The van der Waals surface area contributed by atoms with Crippen molar-refractivity contribution in [3.8, 4) is 0 Å². The Morgan fingerprint density at radius 1 is 1.42 bits per heavy atom. The second kappa shape index (κ2) is 5.27. The lowest BCUT2D eigenvalue weighted by Crippen LogP contribution is -2.48. The fourth-order valence-electron chi connectivity index (χ4n) is 4.47. The Kier molecular flexibility index (Phi) is 4.05. The van der Waals surface area contributed by atoms with Gasteiger partial charge in [-0.05, 0) is 30.4 Å². The van der Waals surface area contributed by atoms with Crippen LogP contribution in [-0.2, 0) is 4.79 Å². The molecule has 0 radical (unpaired) electrons. The number of carbonyl (C=O) groups is 1. The van der Waals surface area contributed by atoms with Gasteiger partial charge in [-0.2, -0.15) is 0 Å². The van der Waals surface area contributed by atoms with E-state index in [4.69, 9.17) is 5.73 Å². The summed E-state index contributed by atoms with van der Waals surface area (Å²) >= 11 is 0. The normalized spacial score (nSPS) is 35.2. The minimum atomic E-state index is -0.907. The predicted molar refractivity (Wildman–Crippen MR) is 83.7 cm³/mol. The molecule has 3 unspecified atom stereocenters. The maximum absolute atomic E-state index is 12.5.